The number of ether oxygens (including phenoxy) is 1. The van der Waals surface area contributed by atoms with E-state index in [-0.39, 0.29) is 5.91 Å². The van der Waals surface area contributed by atoms with Crippen molar-refractivity contribution < 1.29 is 9.53 Å². The van der Waals surface area contributed by atoms with Crippen LogP contribution in [-0.2, 0) is 4.79 Å². The molecule has 0 spiro atoms. The molecular weight excluding hydrogens is 350 g/mol. The van der Waals surface area contributed by atoms with Crippen LogP contribution in [0.4, 0.5) is 5.82 Å². The van der Waals surface area contributed by atoms with Crippen molar-refractivity contribution in [1.29, 1.82) is 0 Å². The predicted molar refractivity (Wildman–Crippen MR) is 113 cm³/mol. The average molecular weight is 373 g/mol. The Morgan fingerprint density at radius 2 is 1.71 bits per heavy atom. The standard InChI is InChI=1S/C23H23N3O2/c1-28-20-10-6-18(7-11-20)8-13-23(27)26-16-14-25(15-17-26)22-12-9-19-4-2-3-5-21(19)24-22/h2-13H,14-17H2,1H3/b13-8+. The number of methoxy groups -OCH3 is 1. The van der Waals surface area contributed by atoms with Gasteiger partial charge < -0.3 is 14.5 Å². The van der Waals surface area contributed by atoms with E-state index in [0.29, 0.717) is 13.1 Å². The second kappa shape index (κ2) is 8.13. The van der Waals surface area contributed by atoms with Crippen LogP contribution in [-0.4, -0.2) is 49.1 Å². The van der Waals surface area contributed by atoms with E-state index in [2.05, 4.69) is 23.1 Å². The van der Waals surface area contributed by atoms with E-state index in [1.807, 2.05) is 53.4 Å². The van der Waals surface area contributed by atoms with Crippen molar-refractivity contribution in [3.05, 3.63) is 72.3 Å². The van der Waals surface area contributed by atoms with Gasteiger partial charge in [0.15, 0.2) is 0 Å². The van der Waals surface area contributed by atoms with Gasteiger partial charge in [-0.1, -0.05) is 30.3 Å². The molecule has 0 unspecified atom stereocenters. The lowest BCUT2D eigenvalue weighted by atomic mass is 10.2. The molecule has 3 aromatic rings. The largest absolute Gasteiger partial charge is 0.497 e. The molecule has 1 aliphatic rings. The van der Waals surface area contributed by atoms with Crippen molar-refractivity contribution in [2.75, 3.05) is 38.2 Å². The highest BCUT2D eigenvalue weighted by Crippen LogP contribution is 2.19. The SMILES string of the molecule is COc1ccc(/C=C/C(=O)N2CCN(c3ccc4ccccc4n3)CC2)cc1. The van der Waals surface area contributed by atoms with E-state index in [1.165, 1.54) is 0 Å². The summed E-state index contributed by atoms with van der Waals surface area (Å²) in [4.78, 5) is 21.4. The minimum absolute atomic E-state index is 0.0435. The number of para-hydroxylation sites is 1. The van der Waals surface area contributed by atoms with Crippen LogP contribution in [0.1, 0.15) is 5.56 Å². The second-order valence-electron chi connectivity index (χ2n) is 6.78. The number of benzene rings is 2. The molecule has 28 heavy (non-hydrogen) atoms. The number of piperazine rings is 1. The molecule has 4 rings (SSSR count). The van der Waals surface area contributed by atoms with Gasteiger partial charge in [-0.05, 0) is 42.0 Å². The molecule has 0 aliphatic carbocycles. The van der Waals surface area contributed by atoms with E-state index in [4.69, 9.17) is 9.72 Å². The first-order chi connectivity index (χ1) is 13.7. The van der Waals surface area contributed by atoms with Crippen molar-refractivity contribution in [3.63, 3.8) is 0 Å². The average Bonchev–Trinajstić information content (AvgIpc) is 2.77. The summed E-state index contributed by atoms with van der Waals surface area (Å²) in [6.07, 6.45) is 3.49. The maximum atomic E-state index is 12.5. The minimum Gasteiger partial charge on any atom is -0.497 e. The molecule has 0 saturated carbocycles. The summed E-state index contributed by atoms with van der Waals surface area (Å²) in [5.41, 5.74) is 1.98. The van der Waals surface area contributed by atoms with Gasteiger partial charge in [0.05, 0.1) is 12.6 Å². The molecule has 0 bridgehead atoms. The number of hydrogen-bond donors (Lipinski definition) is 0. The van der Waals surface area contributed by atoms with Gasteiger partial charge in [-0.25, -0.2) is 4.98 Å². The van der Waals surface area contributed by atoms with Crippen molar-refractivity contribution in [1.82, 2.24) is 9.88 Å². The maximum Gasteiger partial charge on any atom is 0.246 e. The number of carbonyl (C=O) groups excluding carboxylic acids is 1. The molecule has 2 heterocycles. The smallest absolute Gasteiger partial charge is 0.246 e. The molecular formula is C23H23N3O2. The Labute approximate surface area is 164 Å². The van der Waals surface area contributed by atoms with Gasteiger partial charge in [-0.15, -0.1) is 0 Å². The normalized spacial score (nSPS) is 14.6. The molecule has 5 heteroatoms. The molecule has 142 valence electrons. The molecule has 5 nitrogen and oxygen atoms in total. The molecule has 0 atom stereocenters. The van der Waals surface area contributed by atoms with Gasteiger partial charge in [0.2, 0.25) is 5.91 Å². The Morgan fingerprint density at radius 3 is 2.46 bits per heavy atom. The van der Waals surface area contributed by atoms with Gasteiger partial charge in [0, 0.05) is 37.6 Å². The minimum atomic E-state index is 0.0435. The summed E-state index contributed by atoms with van der Waals surface area (Å²) >= 11 is 0. The summed E-state index contributed by atoms with van der Waals surface area (Å²) in [7, 11) is 1.64. The van der Waals surface area contributed by atoms with Crippen LogP contribution in [0, 0.1) is 0 Å². The van der Waals surface area contributed by atoms with Crippen molar-refractivity contribution in [2.24, 2.45) is 0 Å². The second-order valence-corrected chi connectivity index (χ2v) is 6.78. The van der Waals surface area contributed by atoms with E-state index < -0.39 is 0 Å². The van der Waals surface area contributed by atoms with Crippen LogP contribution in [0.5, 0.6) is 5.75 Å². The summed E-state index contributed by atoms with van der Waals surface area (Å²) in [6, 6.07) is 19.9. The number of carbonyl (C=O) groups is 1. The van der Waals surface area contributed by atoms with Crippen molar-refractivity contribution in [3.8, 4) is 5.75 Å². The van der Waals surface area contributed by atoms with Crippen LogP contribution >= 0.6 is 0 Å². The third-order valence-corrected chi connectivity index (χ3v) is 5.03. The molecule has 0 radical (unpaired) electrons. The maximum absolute atomic E-state index is 12.5. The van der Waals surface area contributed by atoms with Gasteiger partial charge in [-0.3, -0.25) is 4.79 Å². The first kappa shape index (κ1) is 18.0. The van der Waals surface area contributed by atoms with Gasteiger partial charge >= 0.3 is 0 Å². The Balaban J connectivity index is 1.36. The highest BCUT2D eigenvalue weighted by atomic mass is 16.5. The zero-order valence-corrected chi connectivity index (χ0v) is 15.9. The molecule has 1 aromatic heterocycles. The fourth-order valence-electron chi connectivity index (χ4n) is 3.38. The molecule has 1 saturated heterocycles. The first-order valence-electron chi connectivity index (χ1n) is 9.45. The number of hydrogen-bond acceptors (Lipinski definition) is 4. The number of aromatic nitrogens is 1. The number of pyridine rings is 1. The number of nitrogens with zero attached hydrogens (tertiary/aromatic N) is 3. The Morgan fingerprint density at radius 1 is 0.964 bits per heavy atom. The first-order valence-corrected chi connectivity index (χ1v) is 9.45. The summed E-state index contributed by atoms with van der Waals surface area (Å²) in [5, 5.41) is 1.14. The number of anilines is 1. The molecule has 0 N–H and O–H groups in total. The topological polar surface area (TPSA) is 45.7 Å². The van der Waals surface area contributed by atoms with E-state index in [0.717, 1.165) is 41.1 Å². The summed E-state index contributed by atoms with van der Waals surface area (Å²) in [6.45, 7) is 2.96. The van der Waals surface area contributed by atoms with Crippen LogP contribution in [0.3, 0.4) is 0 Å². The molecule has 1 aliphatic heterocycles. The number of fused-ring (bicyclic) bond motifs is 1. The Kier molecular flexibility index (Phi) is 5.24. The third kappa shape index (κ3) is 3.98. The van der Waals surface area contributed by atoms with Gasteiger partial charge in [0.1, 0.15) is 11.6 Å². The predicted octanol–water partition coefficient (Wildman–Crippen LogP) is 3.61. The highest BCUT2D eigenvalue weighted by Gasteiger charge is 2.20. The zero-order valence-electron chi connectivity index (χ0n) is 15.9. The number of amides is 1. The highest BCUT2D eigenvalue weighted by molar-refractivity contribution is 5.92. The fourth-order valence-corrected chi connectivity index (χ4v) is 3.38. The quantitative estimate of drug-likeness (QED) is 0.656. The van der Waals surface area contributed by atoms with Crippen molar-refractivity contribution in [2.45, 2.75) is 0 Å². The Bertz CT molecular complexity index is 990. The zero-order chi connectivity index (χ0) is 19.3. The number of rotatable bonds is 4. The summed E-state index contributed by atoms with van der Waals surface area (Å²) < 4.78 is 5.15. The van der Waals surface area contributed by atoms with E-state index in [9.17, 15) is 4.79 Å². The molecule has 1 amide bonds. The molecule has 2 aromatic carbocycles. The van der Waals surface area contributed by atoms with Gasteiger partial charge in [0.25, 0.3) is 0 Å². The van der Waals surface area contributed by atoms with Crippen molar-refractivity contribution >= 4 is 28.7 Å². The Hall–Kier alpha value is -3.34. The lowest BCUT2D eigenvalue weighted by Gasteiger charge is -2.35. The van der Waals surface area contributed by atoms with Crippen LogP contribution in [0.25, 0.3) is 17.0 Å². The lowest BCUT2D eigenvalue weighted by molar-refractivity contribution is -0.126. The van der Waals surface area contributed by atoms with E-state index in [1.54, 1.807) is 13.2 Å². The monoisotopic (exact) mass is 373 g/mol. The van der Waals surface area contributed by atoms with Gasteiger partial charge in [-0.2, -0.15) is 0 Å². The van der Waals surface area contributed by atoms with Crippen LogP contribution < -0.4 is 9.64 Å². The van der Waals surface area contributed by atoms with Crippen LogP contribution in [0.15, 0.2) is 66.7 Å². The molecule has 1 fully saturated rings. The fraction of sp³-hybridized carbons (Fsp3) is 0.217. The van der Waals surface area contributed by atoms with Crippen LogP contribution in [0.2, 0.25) is 0 Å². The third-order valence-electron chi connectivity index (χ3n) is 5.03. The van der Waals surface area contributed by atoms with E-state index >= 15 is 0 Å². The summed E-state index contributed by atoms with van der Waals surface area (Å²) in [5.74, 6) is 1.82. The lowest BCUT2D eigenvalue weighted by Crippen LogP contribution is -2.48.